The molecule has 3 heterocycles. The number of nitrogens with two attached hydrogens (primary N) is 2. The van der Waals surface area contributed by atoms with Gasteiger partial charge in [0.05, 0.1) is 0 Å². The number of amides is 1. The second-order valence-corrected chi connectivity index (χ2v) is 5.33. The maximum absolute atomic E-state index is 11.0. The highest BCUT2D eigenvalue weighted by Gasteiger charge is 2.20. The van der Waals surface area contributed by atoms with Crippen LogP contribution in [0.15, 0.2) is 40.0 Å². The number of carbonyl (C=O) groups excluding carboxylic acids is 1. The summed E-state index contributed by atoms with van der Waals surface area (Å²) >= 11 is 0. The van der Waals surface area contributed by atoms with E-state index in [1.165, 1.54) is 6.07 Å². The molecule has 0 radical (unpaired) electrons. The number of primary amides is 1. The molecule has 0 aromatic carbocycles. The Hall–Kier alpha value is -3.10. The summed E-state index contributed by atoms with van der Waals surface area (Å²) in [4.78, 5) is 27.9. The summed E-state index contributed by atoms with van der Waals surface area (Å²) in [7, 11) is 0. The standard InChI is InChI=1S/C15H19N7O2/c16-13(23)12-3-2-11(24-12)10-20-14(17)21-6-8-22(9-7-21)15-18-4-1-5-19-15/h1-5H,6-10H2,(H2,16,23)(H2,17,20). The Kier molecular flexibility index (Phi) is 4.59. The van der Waals surface area contributed by atoms with Crippen LogP contribution in [0.25, 0.3) is 0 Å². The number of carbonyl (C=O) groups is 1. The van der Waals surface area contributed by atoms with Gasteiger partial charge in [-0.15, -0.1) is 0 Å². The van der Waals surface area contributed by atoms with Crippen molar-refractivity contribution in [2.45, 2.75) is 6.54 Å². The molecule has 9 nitrogen and oxygen atoms in total. The molecule has 0 saturated carbocycles. The number of aliphatic imine (C=N–C) groups is 1. The molecule has 2 aromatic heterocycles. The van der Waals surface area contributed by atoms with Gasteiger partial charge in [0, 0.05) is 38.6 Å². The monoisotopic (exact) mass is 329 g/mol. The molecule has 3 rings (SSSR count). The lowest BCUT2D eigenvalue weighted by molar-refractivity contribution is 0.0972. The molecule has 126 valence electrons. The maximum Gasteiger partial charge on any atom is 0.284 e. The van der Waals surface area contributed by atoms with Gasteiger partial charge in [0.25, 0.3) is 5.91 Å². The number of piperazine rings is 1. The number of guanidine groups is 1. The predicted molar refractivity (Wildman–Crippen MR) is 88.4 cm³/mol. The summed E-state index contributed by atoms with van der Waals surface area (Å²) in [6.07, 6.45) is 3.46. The lowest BCUT2D eigenvalue weighted by Gasteiger charge is -2.35. The van der Waals surface area contributed by atoms with Crippen LogP contribution in [0.4, 0.5) is 5.95 Å². The van der Waals surface area contributed by atoms with E-state index in [1.54, 1.807) is 24.5 Å². The normalized spacial score (nSPS) is 15.6. The lowest BCUT2D eigenvalue weighted by atomic mass is 10.3. The van der Waals surface area contributed by atoms with Crippen LogP contribution >= 0.6 is 0 Å². The van der Waals surface area contributed by atoms with Gasteiger partial charge in [0.2, 0.25) is 5.95 Å². The van der Waals surface area contributed by atoms with Gasteiger partial charge < -0.3 is 25.7 Å². The smallest absolute Gasteiger partial charge is 0.284 e. The van der Waals surface area contributed by atoms with E-state index in [4.69, 9.17) is 15.9 Å². The van der Waals surface area contributed by atoms with Crippen molar-refractivity contribution in [1.82, 2.24) is 14.9 Å². The molecule has 9 heteroatoms. The molecule has 1 fully saturated rings. The molecular weight excluding hydrogens is 310 g/mol. The average Bonchev–Trinajstić information content (AvgIpc) is 3.10. The molecule has 24 heavy (non-hydrogen) atoms. The van der Waals surface area contributed by atoms with Crippen molar-refractivity contribution in [3.63, 3.8) is 0 Å². The number of aromatic nitrogens is 2. The summed E-state index contributed by atoms with van der Waals surface area (Å²) < 4.78 is 5.28. The van der Waals surface area contributed by atoms with Gasteiger partial charge in [-0.05, 0) is 18.2 Å². The number of rotatable bonds is 4. The third kappa shape index (κ3) is 3.62. The molecule has 1 amide bonds. The Labute approximate surface area is 139 Å². The van der Waals surface area contributed by atoms with Gasteiger partial charge in [-0.3, -0.25) is 4.79 Å². The maximum atomic E-state index is 11.0. The fourth-order valence-corrected chi connectivity index (χ4v) is 2.44. The number of nitrogens with zero attached hydrogens (tertiary/aromatic N) is 5. The summed E-state index contributed by atoms with van der Waals surface area (Å²) in [6, 6.07) is 4.99. The van der Waals surface area contributed by atoms with Crippen LogP contribution in [-0.4, -0.2) is 52.9 Å². The van der Waals surface area contributed by atoms with E-state index in [0.29, 0.717) is 11.7 Å². The number of furan rings is 1. The molecule has 0 unspecified atom stereocenters. The molecule has 1 aliphatic rings. The average molecular weight is 329 g/mol. The van der Waals surface area contributed by atoms with Crippen molar-refractivity contribution in [3.05, 3.63) is 42.1 Å². The molecule has 0 atom stereocenters. The largest absolute Gasteiger partial charge is 0.454 e. The molecule has 1 saturated heterocycles. The van der Waals surface area contributed by atoms with E-state index < -0.39 is 5.91 Å². The van der Waals surface area contributed by atoms with Crippen molar-refractivity contribution >= 4 is 17.8 Å². The summed E-state index contributed by atoms with van der Waals surface area (Å²) in [5.41, 5.74) is 11.2. The van der Waals surface area contributed by atoms with Gasteiger partial charge in [0.1, 0.15) is 12.3 Å². The van der Waals surface area contributed by atoms with Gasteiger partial charge in [-0.25, -0.2) is 15.0 Å². The summed E-state index contributed by atoms with van der Waals surface area (Å²) in [6.45, 7) is 3.28. The summed E-state index contributed by atoms with van der Waals surface area (Å²) in [5, 5.41) is 0. The first-order valence-corrected chi connectivity index (χ1v) is 7.59. The van der Waals surface area contributed by atoms with Crippen LogP contribution in [0.3, 0.4) is 0 Å². The van der Waals surface area contributed by atoms with E-state index in [2.05, 4.69) is 19.9 Å². The van der Waals surface area contributed by atoms with E-state index >= 15 is 0 Å². The molecular formula is C15H19N7O2. The third-order valence-electron chi connectivity index (χ3n) is 3.74. The zero-order chi connectivity index (χ0) is 16.9. The zero-order valence-corrected chi connectivity index (χ0v) is 13.1. The van der Waals surface area contributed by atoms with E-state index in [9.17, 15) is 4.79 Å². The Morgan fingerprint density at radius 3 is 2.50 bits per heavy atom. The second kappa shape index (κ2) is 6.99. The predicted octanol–water partition coefficient (Wildman–Crippen LogP) is -0.195. The topological polar surface area (TPSA) is 127 Å². The Morgan fingerprint density at radius 2 is 1.88 bits per heavy atom. The van der Waals surface area contributed by atoms with Crippen molar-refractivity contribution in [2.75, 3.05) is 31.1 Å². The van der Waals surface area contributed by atoms with Crippen molar-refractivity contribution in [3.8, 4) is 0 Å². The fraction of sp³-hybridized carbons (Fsp3) is 0.333. The van der Waals surface area contributed by atoms with Crippen LogP contribution in [-0.2, 0) is 6.54 Å². The first-order valence-electron chi connectivity index (χ1n) is 7.59. The molecule has 0 bridgehead atoms. The number of hydrogen-bond donors (Lipinski definition) is 2. The highest BCUT2D eigenvalue weighted by molar-refractivity contribution is 5.89. The molecule has 4 N–H and O–H groups in total. The quantitative estimate of drug-likeness (QED) is 0.587. The highest BCUT2D eigenvalue weighted by atomic mass is 16.3. The van der Waals surface area contributed by atoms with Gasteiger partial charge in [0.15, 0.2) is 11.7 Å². The minimum absolute atomic E-state index is 0.121. The van der Waals surface area contributed by atoms with Crippen molar-refractivity contribution in [1.29, 1.82) is 0 Å². The van der Waals surface area contributed by atoms with E-state index in [-0.39, 0.29) is 12.3 Å². The Morgan fingerprint density at radius 1 is 1.17 bits per heavy atom. The van der Waals surface area contributed by atoms with E-state index in [1.807, 2.05) is 4.90 Å². The van der Waals surface area contributed by atoms with Crippen LogP contribution in [0.5, 0.6) is 0 Å². The fourth-order valence-electron chi connectivity index (χ4n) is 2.44. The first kappa shape index (κ1) is 15.8. The van der Waals surface area contributed by atoms with Crippen LogP contribution < -0.4 is 16.4 Å². The van der Waals surface area contributed by atoms with Crippen LogP contribution in [0.2, 0.25) is 0 Å². The number of anilines is 1. The lowest BCUT2D eigenvalue weighted by Crippen LogP contribution is -2.51. The molecule has 0 aliphatic carbocycles. The van der Waals surface area contributed by atoms with Crippen molar-refractivity contribution < 1.29 is 9.21 Å². The SMILES string of the molecule is NC(=O)c1ccc(CN=C(N)N2CCN(c3ncccn3)CC2)o1. The highest BCUT2D eigenvalue weighted by Crippen LogP contribution is 2.11. The van der Waals surface area contributed by atoms with Crippen LogP contribution in [0.1, 0.15) is 16.3 Å². The zero-order valence-electron chi connectivity index (χ0n) is 13.1. The molecule has 1 aliphatic heterocycles. The minimum atomic E-state index is -0.600. The molecule has 0 spiro atoms. The Bertz CT molecular complexity index is 720. The second-order valence-electron chi connectivity index (χ2n) is 5.33. The Balaban J connectivity index is 1.54. The number of hydrogen-bond acceptors (Lipinski definition) is 6. The van der Waals surface area contributed by atoms with Gasteiger partial charge >= 0.3 is 0 Å². The first-order chi connectivity index (χ1) is 11.6. The van der Waals surface area contributed by atoms with E-state index in [0.717, 1.165) is 32.1 Å². The van der Waals surface area contributed by atoms with Gasteiger partial charge in [-0.1, -0.05) is 0 Å². The van der Waals surface area contributed by atoms with Crippen LogP contribution in [0, 0.1) is 0 Å². The third-order valence-corrected chi connectivity index (χ3v) is 3.74. The minimum Gasteiger partial charge on any atom is -0.454 e. The molecule has 2 aromatic rings. The van der Waals surface area contributed by atoms with Gasteiger partial charge in [-0.2, -0.15) is 0 Å². The van der Waals surface area contributed by atoms with Crippen molar-refractivity contribution in [2.24, 2.45) is 16.5 Å². The summed E-state index contributed by atoms with van der Waals surface area (Å²) in [5.74, 6) is 1.23.